The second-order valence-electron chi connectivity index (χ2n) is 6.11. The van der Waals surface area contributed by atoms with Gasteiger partial charge in [-0.2, -0.15) is 18.3 Å². The van der Waals surface area contributed by atoms with Crippen LogP contribution in [-0.2, 0) is 13.2 Å². The molecule has 4 rings (SSSR count). The average molecular weight is 374 g/mol. The lowest BCUT2D eigenvalue weighted by atomic mass is 10.1. The van der Waals surface area contributed by atoms with E-state index >= 15 is 0 Å². The number of H-pyrrole nitrogens is 1. The van der Waals surface area contributed by atoms with Crippen molar-refractivity contribution in [2.45, 2.75) is 19.3 Å². The van der Waals surface area contributed by atoms with Gasteiger partial charge in [0, 0.05) is 17.1 Å². The summed E-state index contributed by atoms with van der Waals surface area (Å²) < 4.78 is 39.9. The molecule has 9 heteroatoms. The molecule has 0 fully saturated rings. The molecule has 0 aliphatic carbocycles. The molecular weight excluding hydrogens is 361 g/mol. The van der Waals surface area contributed by atoms with Crippen molar-refractivity contribution >= 4 is 21.8 Å². The summed E-state index contributed by atoms with van der Waals surface area (Å²) in [4.78, 5) is 16.8. The van der Waals surface area contributed by atoms with Crippen LogP contribution < -0.4 is 5.56 Å². The summed E-state index contributed by atoms with van der Waals surface area (Å²) in [5.41, 5.74) is 1.46. The van der Waals surface area contributed by atoms with Gasteiger partial charge < -0.3 is 5.11 Å². The summed E-state index contributed by atoms with van der Waals surface area (Å²) in [6.45, 7) is -1.56. The Morgan fingerprint density at radius 2 is 1.93 bits per heavy atom. The zero-order chi connectivity index (χ0) is 19.2. The summed E-state index contributed by atoms with van der Waals surface area (Å²) in [6, 6.07) is 8.19. The number of fused-ring (bicyclic) bond motifs is 3. The lowest BCUT2D eigenvalue weighted by Crippen LogP contribution is -2.28. The first kappa shape index (κ1) is 17.2. The number of hydrogen-bond donors (Lipinski definition) is 2. The molecule has 27 heavy (non-hydrogen) atoms. The van der Waals surface area contributed by atoms with Crippen LogP contribution in [0.25, 0.3) is 33.1 Å². The molecule has 3 aromatic heterocycles. The van der Waals surface area contributed by atoms with Crippen molar-refractivity contribution in [2.24, 2.45) is 0 Å². The van der Waals surface area contributed by atoms with Crippen LogP contribution in [0.4, 0.5) is 13.2 Å². The number of aromatic amines is 1. The van der Waals surface area contributed by atoms with E-state index in [0.29, 0.717) is 32.3 Å². The zero-order valence-corrected chi connectivity index (χ0v) is 13.8. The fourth-order valence-electron chi connectivity index (χ4n) is 3.06. The highest BCUT2D eigenvalue weighted by Crippen LogP contribution is 2.28. The van der Waals surface area contributed by atoms with E-state index in [2.05, 4.69) is 15.2 Å². The monoisotopic (exact) mass is 374 g/mol. The number of benzene rings is 1. The van der Waals surface area contributed by atoms with Gasteiger partial charge in [0.05, 0.1) is 34.9 Å². The van der Waals surface area contributed by atoms with Crippen molar-refractivity contribution in [3.05, 3.63) is 58.6 Å². The Morgan fingerprint density at radius 1 is 1.11 bits per heavy atom. The van der Waals surface area contributed by atoms with Gasteiger partial charge in [-0.15, -0.1) is 0 Å². The molecule has 0 amide bonds. The first-order chi connectivity index (χ1) is 12.9. The number of nitrogens with one attached hydrogen (secondary N) is 1. The Kier molecular flexibility index (Phi) is 3.96. The summed E-state index contributed by atoms with van der Waals surface area (Å²) in [6.07, 6.45) is -1.83. The maximum atomic E-state index is 13.1. The molecule has 0 bridgehead atoms. The molecule has 0 atom stereocenters. The van der Waals surface area contributed by atoms with Crippen LogP contribution >= 0.6 is 0 Å². The van der Waals surface area contributed by atoms with Crippen molar-refractivity contribution < 1.29 is 18.3 Å². The third kappa shape index (κ3) is 3.06. The van der Waals surface area contributed by atoms with E-state index < -0.39 is 18.3 Å². The Morgan fingerprint density at radius 3 is 2.59 bits per heavy atom. The lowest BCUT2D eigenvalue weighted by Gasteiger charge is -2.14. The van der Waals surface area contributed by atoms with Crippen LogP contribution in [0, 0.1) is 0 Å². The third-order valence-electron chi connectivity index (χ3n) is 4.31. The van der Waals surface area contributed by atoms with Crippen molar-refractivity contribution in [1.29, 1.82) is 0 Å². The number of alkyl halides is 3. The number of halogens is 3. The molecule has 2 N–H and O–H groups in total. The first-order valence-corrected chi connectivity index (χ1v) is 8.00. The van der Waals surface area contributed by atoms with Gasteiger partial charge in [0.25, 0.3) is 5.56 Å². The molecule has 0 unspecified atom stereocenters. The molecule has 3 heterocycles. The number of aromatic nitrogens is 4. The Hall–Kier alpha value is -3.20. The van der Waals surface area contributed by atoms with Crippen LogP contribution in [-0.4, -0.2) is 31.0 Å². The predicted molar refractivity (Wildman–Crippen MR) is 93.1 cm³/mol. The molecular formula is C18H13F3N4O2. The number of aliphatic hydroxyl groups is 1. The number of rotatable bonds is 3. The molecule has 1 aromatic carbocycles. The summed E-state index contributed by atoms with van der Waals surface area (Å²) in [5, 5.41) is 16.1. The smallest absolute Gasteiger partial charge is 0.392 e. The Balaban J connectivity index is 1.99. The quantitative estimate of drug-likeness (QED) is 0.577. The molecule has 0 radical (unpaired) electrons. The highest BCUT2D eigenvalue weighted by molar-refractivity contribution is 6.04. The van der Waals surface area contributed by atoms with Gasteiger partial charge in [-0.3, -0.25) is 19.4 Å². The molecule has 0 saturated heterocycles. The largest absolute Gasteiger partial charge is 0.406 e. The maximum Gasteiger partial charge on any atom is 0.406 e. The molecule has 0 spiro atoms. The third-order valence-corrected chi connectivity index (χ3v) is 4.31. The standard InChI is InChI=1S/C18H13F3N4O2/c19-18(20,21)9-25-15-5-11(14-4-1-10(8-26)6-22-14)2-3-12(15)16-13(17(25)27)7-23-24-16/h1-7,26H,8-9H2,(H,23,24). The molecule has 0 aliphatic heterocycles. The molecule has 138 valence electrons. The van der Waals surface area contributed by atoms with Gasteiger partial charge in [-0.25, -0.2) is 0 Å². The van der Waals surface area contributed by atoms with E-state index in [-0.39, 0.29) is 17.5 Å². The number of hydrogen-bond acceptors (Lipinski definition) is 4. The molecule has 6 nitrogen and oxygen atoms in total. The fraction of sp³-hybridized carbons (Fsp3) is 0.167. The van der Waals surface area contributed by atoms with E-state index in [0.717, 1.165) is 0 Å². The van der Waals surface area contributed by atoms with Gasteiger partial charge in [-0.05, 0) is 17.7 Å². The zero-order valence-electron chi connectivity index (χ0n) is 13.8. The minimum Gasteiger partial charge on any atom is -0.392 e. The summed E-state index contributed by atoms with van der Waals surface area (Å²) in [7, 11) is 0. The average Bonchev–Trinajstić information content (AvgIpc) is 3.14. The number of pyridine rings is 2. The molecule has 0 saturated carbocycles. The summed E-state index contributed by atoms with van der Waals surface area (Å²) >= 11 is 0. The minimum atomic E-state index is -4.55. The maximum absolute atomic E-state index is 13.1. The van der Waals surface area contributed by atoms with Gasteiger partial charge in [0.2, 0.25) is 0 Å². The van der Waals surface area contributed by atoms with E-state index in [1.165, 1.54) is 18.5 Å². The van der Waals surface area contributed by atoms with Crippen LogP contribution in [0.3, 0.4) is 0 Å². The van der Waals surface area contributed by atoms with E-state index in [1.807, 2.05) is 0 Å². The Bertz CT molecular complexity index is 1190. The number of nitrogens with zero attached hydrogens (tertiary/aromatic N) is 3. The second-order valence-corrected chi connectivity index (χ2v) is 6.11. The van der Waals surface area contributed by atoms with Crippen LogP contribution in [0.5, 0.6) is 0 Å². The van der Waals surface area contributed by atoms with E-state index in [4.69, 9.17) is 5.11 Å². The van der Waals surface area contributed by atoms with Crippen LogP contribution in [0.2, 0.25) is 0 Å². The SMILES string of the molecule is O=c1c2cn[nH]c2c2ccc(-c3ccc(CO)cn3)cc2n1CC(F)(F)F. The summed E-state index contributed by atoms with van der Waals surface area (Å²) in [5.74, 6) is 0. The highest BCUT2D eigenvalue weighted by Gasteiger charge is 2.30. The van der Waals surface area contributed by atoms with Crippen molar-refractivity contribution in [2.75, 3.05) is 0 Å². The lowest BCUT2D eigenvalue weighted by molar-refractivity contribution is -0.140. The Labute approximate surface area is 149 Å². The highest BCUT2D eigenvalue weighted by atomic mass is 19.4. The van der Waals surface area contributed by atoms with Gasteiger partial charge >= 0.3 is 6.18 Å². The van der Waals surface area contributed by atoms with E-state index in [1.54, 1.807) is 24.3 Å². The molecule has 4 aromatic rings. The van der Waals surface area contributed by atoms with Crippen molar-refractivity contribution in [3.8, 4) is 11.3 Å². The second kappa shape index (κ2) is 6.20. The van der Waals surface area contributed by atoms with Crippen molar-refractivity contribution in [3.63, 3.8) is 0 Å². The topological polar surface area (TPSA) is 83.8 Å². The van der Waals surface area contributed by atoms with Gasteiger partial charge in [0.1, 0.15) is 6.54 Å². The fourth-order valence-corrected chi connectivity index (χ4v) is 3.06. The van der Waals surface area contributed by atoms with Gasteiger partial charge in [-0.1, -0.05) is 18.2 Å². The van der Waals surface area contributed by atoms with Gasteiger partial charge in [0.15, 0.2) is 0 Å². The van der Waals surface area contributed by atoms with Crippen LogP contribution in [0.15, 0.2) is 47.5 Å². The van der Waals surface area contributed by atoms with E-state index in [9.17, 15) is 18.0 Å². The number of aliphatic hydroxyl groups excluding tert-OH is 1. The normalized spacial score (nSPS) is 12.1. The minimum absolute atomic E-state index is 0.102. The molecule has 0 aliphatic rings. The predicted octanol–water partition coefficient (Wildman–Crippen LogP) is 2.99. The van der Waals surface area contributed by atoms with Crippen molar-refractivity contribution in [1.82, 2.24) is 19.7 Å². The first-order valence-electron chi connectivity index (χ1n) is 8.00. The van der Waals surface area contributed by atoms with Crippen LogP contribution in [0.1, 0.15) is 5.56 Å².